The fourth-order valence-electron chi connectivity index (χ4n) is 5.71. The van der Waals surface area contributed by atoms with Crippen LogP contribution < -0.4 is 5.32 Å². The van der Waals surface area contributed by atoms with E-state index in [9.17, 15) is 0 Å². The van der Waals surface area contributed by atoms with Crippen molar-refractivity contribution < 1.29 is 0 Å². The van der Waals surface area contributed by atoms with Crippen LogP contribution in [0.25, 0.3) is 61.2 Å². The van der Waals surface area contributed by atoms with E-state index in [-0.39, 0.29) is 0 Å². The molecule has 0 spiro atoms. The number of dihydropyridines is 1. The summed E-state index contributed by atoms with van der Waals surface area (Å²) in [4.78, 5) is 21.8. The van der Waals surface area contributed by atoms with Gasteiger partial charge in [0.1, 0.15) is 0 Å². The van der Waals surface area contributed by atoms with Crippen LogP contribution in [0.3, 0.4) is 0 Å². The Morgan fingerprint density at radius 2 is 0.667 bits per heavy atom. The molecule has 0 aliphatic carbocycles. The van der Waals surface area contributed by atoms with Crippen LogP contribution in [0.5, 0.6) is 0 Å². The fraction of sp³-hybridized carbons (Fsp3) is 0.0278. The minimum absolute atomic E-state index is 0.735. The first-order valence-corrected chi connectivity index (χ1v) is 13.8. The fourth-order valence-corrected chi connectivity index (χ4v) is 5.71. The number of hydrogen-bond donors (Lipinski definition) is 1. The molecule has 0 bridgehead atoms. The number of nitrogens with one attached hydrogen (secondary N) is 1. The molecule has 0 amide bonds. The number of benzene rings is 1. The van der Waals surface area contributed by atoms with Crippen molar-refractivity contribution in [1.82, 2.24) is 30.2 Å². The van der Waals surface area contributed by atoms with Gasteiger partial charge in [-0.2, -0.15) is 0 Å². The number of allylic oxidation sites excluding steroid dienone is 2. The maximum Gasteiger partial charge on any atom is 0.0334 e. The summed E-state index contributed by atoms with van der Waals surface area (Å²) in [6.45, 7) is 0.735. The maximum atomic E-state index is 4.37. The normalized spacial score (nSPS) is 12.4. The molecule has 6 heteroatoms. The van der Waals surface area contributed by atoms with E-state index >= 15 is 0 Å². The highest BCUT2D eigenvalue weighted by Gasteiger charge is 2.29. The van der Waals surface area contributed by atoms with E-state index in [1.807, 2.05) is 68.2 Å². The van der Waals surface area contributed by atoms with E-state index in [1.54, 1.807) is 0 Å². The van der Waals surface area contributed by atoms with Gasteiger partial charge in [0.05, 0.1) is 0 Å². The van der Waals surface area contributed by atoms with Crippen LogP contribution in [0.15, 0.2) is 141 Å². The van der Waals surface area contributed by atoms with Crippen molar-refractivity contribution in [1.29, 1.82) is 0 Å². The van der Waals surface area contributed by atoms with Crippen molar-refractivity contribution in [3.8, 4) is 55.6 Å². The Kier molecular flexibility index (Phi) is 6.84. The van der Waals surface area contributed by atoms with Crippen molar-refractivity contribution in [2.45, 2.75) is 0 Å². The molecule has 0 saturated carbocycles. The zero-order valence-electron chi connectivity index (χ0n) is 22.7. The monoisotopic (exact) mass is 542 g/mol. The summed E-state index contributed by atoms with van der Waals surface area (Å²) in [6, 6.07) is 20.9. The van der Waals surface area contributed by atoms with E-state index in [0.29, 0.717) is 0 Å². The minimum Gasteiger partial charge on any atom is -0.387 e. The van der Waals surface area contributed by atoms with Crippen LogP contribution in [0.2, 0.25) is 0 Å². The third-order valence-corrected chi connectivity index (χ3v) is 7.45. The van der Waals surface area contributed by atoms with Gasteiger partial charge in [0.25, 0.3) is 0 Å². The van der Waals surface area contributed by atoms with Crippen LogP contribution in [0.4, 0.5) is 0 Å². The molecule has 1 aliphatic rings. The standard InChI is InChI=1S/C36H26N6/c1-13-37-14-2-25(1)31-32(26-3-15-38-16-4-26)34(28-7-19-40-20-8-28)36(30-11-23-42-24-12-30)35(29-9-21-41-22-10-29)33(31)27-5-17-39-18-6-27/h1-23,42H,24H2. The van der Waals surface area contributed by atoms with Crippen LogP contribution >= 0.6 is 0 Å². The van der Waals surface area contributed by atoms with Crippen LogP contribution in [-0.2, 0) is 0 Å². The molecule has 6 heterocycles. The predicted octanol–water partition coefficient (Wildman–Crippen LogP) is 7.50. The van der Waals surface area contributed by atoms with E-state index in [2.05, 4.69) is 103 Å². The lowest BCUT2D eigenvalue weighted by Crippen LogP contribution is -2.10. The highest BCUT2D eigenvalue weighted by Crippen LogP contribution is 2.54. The molecule has 0 unspecified atom stereocenters. The number of rotatable bonds is 6. The molecule has 0 saturated heterocycles. The van der Waals surface area contributed by atoms with Gasteiger partial charge in [-0.05, 0) is 140 Å². The molecule has 0 fully saturated rings. The molecule has 1 aliphatic heterocycles. The lowest BCUT2D eigenvalue weighted by Gasteiger charge is -2.29. The second kappa shape index (κ2) is 11.4. The van der Waals surface area contributed by atoms with E-state index in [0.717, 1.165) is 73.3 Å². The Balaban J connectivity index is 1.80. The van der Waals surface area contributed by atoms with Gasteiger partial charge in [0.2, 0.25) is 0 Å². The third-order valence-electron chi connectivity index (χ3n) is 7.45. The molecule has 6 aromatic rings. The van der Waals surface area contributed by atoms with Crippen LogP contribution in [0.1, 0.15) is 5.56 Å². The van der Waals surface area contributed by atoms with Crippen molar-refractivity contribution in [3.63, 3.8) is 0 Å². The average Bonchev–Trinajstić information content (AvgIpc) is 3.09. The second-order valence-electron chi connectivity index (χ2n) is 9.83. The first kappa shape index (κ1) is 25.2. The zero-order chi connectivity index (χ0) is 28.1. The Morgan fingerprint density at radius 3 is 0.929 bits per heavy atom. The van der Waals surface area contributed by atoms with Gasteiger partial charge in [-0.1, -0.05) is 6.08 Å². The summed E-state index contributed by atoms with van der Waals surface area (Å²) in [7, 11) is 0. The molecule has 1 N–H and O–H groups in total. The number of nitrogens with zero attached hydrogens (tertiary/aromatic N) is 5. The van der Waals surface area contributed by atoms with E-state index < -0.39 is 0 Å². The molecular formula is C36H26N6. The largest absolute Gasteiger partial charge is 0.387 e. The van der Waals surface area contributed by atoms with Gasteiger partial charge in [-0.3, -0.25) is 24.9 Å². The summed E-state index contributed by atoms with van der Waals surface area (Å²) < 4.78 is 0. The van der Waals surface area contributed by atoms with Gasteiger partial charge in [-0.15, -0.1) is 0 Å². The van der Waals surface area contributed by atoms with Crippen LogP contribution in [0, 0.1) is 0 Å². The smallest absolute Gasteiger partial charge is 0.0334 e. The Hall–Kier alpha value is -5.75. The first-order chi connectivity index (χ1) is 20.9. The number of aromatic nitrogens is 5. The average molecular weight is 543 g/mol. The summed E-state index contributed by atoms with van der Waals surface area (Å²) in [6.07, 6.45) is 25.0. The summed E-state index contributed by atoms with van der Waals surface area (Å²) in [5.74, 6) is 0. The molecule has 5 aromatic heterocycles. The third kappa shape index (κ3) is 4.65. The van der Waals surface area contributed by atoms with Crippen molar-refractivity contribution in [2.75, 3.05) is 6.54 Å². The molecular weight excluding hydrogens is 516 g/mol. The molecule has 42 heavy (non-hydrogen) atoms. The summed E-state index contributed by atoms with van der Waals surface area (Å²) >= 11 is 0. The first-order valence-electron chi connectivity index (χ1n) is 13.8. The van der Waals surface area contributed by atoms with Gasteiger partial charge >= 0.3 is 0 Å². The van der Waals surface area contributed by atoms with Crippen molar-refractivity contribution >= 4 is 5.57 Å². The zero-order valence-corrected chi connectivity index (χ0v) is 22.7. The predicted molar refractivity (Wildman–Crippen MR) is 168 cm³/mol. The molecule has 0 radical (unpaired) electrons. The molecule has 1 aromatic carbocycles. The van der Waals surface area contributed by atoms with E-state index in [1.165, 1.54) is 0 Å². The topological polar surface area (TPSA) is 76.5 Å². The molecule has 0 atom stereocenters. The van der Waals surface area contributed by atoms with Crippen molar-refractivity contribution in [2.24, 2.45) is 0 Å². The number of pyridine rings is 5. The summed E-state index contributed by atoms with van der Waals surface area (Å²) in [5.41, 5.74) is 13.2. The second-order valence-corrected chi connectivity index (χ2v) is 9.83. The highest BCUT2D eigenvalue weighted by atomic mass is 14.8. The van der Waals surface area contributed by atoms with Gasteiger partial charge < -0.3 is 5.32 Å². The Labute approximate surface area is 244 Å². The lowest BCUT2D eigenvalue weighted by atomic mass is 9.74. The Morgan fingerprint density at radius 1 is 0.381 bits per heavy atom. The lowest BCUT2D eigenvalue weighted by molar-refractivity contribution is 0.976. The van der Waals surface area contributed by atoms with Crippen LogP contribution in [-0.4, -0.2) is 31.5 Å². The maximum absolute atomic E-state index is 4.37. The molecule has 200 valence electrons. The highest BCUT2D eigenvalue weighted by molar-refractivity contribution is 6.13. The van der Waals surface area contributed by atoms with Crippen molar-refractivity contribution in [3.05, 3.63) is 147 Å². The molecule has 7 rings (SSSR count). The number of hydrogen-bond acceptors (Lipinski definition) is 6. The van der Waals surface area contributed by atoms with Gasteiger partial charge in [0, 0.05) is 68.5 Å². The quantitative estimate of drug-likeness (QED) is 0.235. The van der Waals surface area contributed by atoms with E-state index in [4.69, 9.17) is 0 Å². The summed E-state index contributed by atoms with van der Waals surface area (Å²) in [5, 5.41) is 3.33. The molecule has 6 nitrogen and oxygen atoms in total. The minimum atomic E-state index is 0.735. The Bertz CT molecular complexity index is 1780. The van der Waals surface area contributed by atoms with Gasteiger partial charge in [0.15, 0.2) is 0 Å². The SMILES string of the molecule is C1=CC(c2c(-c3ccncc3)c(-c3ccncc3)c(-c3ccncc3)c(-c3ccncc3)c2-c2ccncc2)=CCN1. The van der Waals surface area contributed by atoms with Gasteiger partial charge in [-0.25, -0.2) is 0 Å².